The summed E-state index contributed by atoms with van der Waals surface area (Å²) < 4.78 is 43.7. The second kappa shape index (κ2) is 8.12. The number of aromatic nitrogens is 5. The minimum Gasteiger partial charge on any atom is -0.339 e. The van der Waals surface area contributed by atoms with Crippen LogP contribution in [0.25, 0.3) is 5.69 Å². The van der Waals surface area contributed by atoms with Crippen molar-refractivity contribution in [1.82, 2.24) is 30.0 Å². The van der Waals surface area contributed by atoms with E-state index in [1.807, 2.05) is 6.92 Å². The minimum atomic E-state index is -4.46. The molecule has 1 aliphatic heterocycles. The molecule has 1 aromatic carbocycles. The van der Waals surface area contributed by atoms with Gasteiger partial charge in [0.2, 0.25) is 5.89 Å². The third-order valence-electron chi connectivity index (χ3n) is 5.60. The highest BCUT2D eigenvalue weighted by molar-refractivity contribution is 5.98. The minimum absolute atomic E-state index is 0.0529. The highest BCUT2D eigenvalue weighted by Gasteiger charge is 2.42. The Morgan fingerprint density at radius 3 is 2.61 bits per heavy atom. The smallest absolute Gasteiger partial charge is 0.339 e. The summed E-state index contributed by atoms with van der Waals surface area (Å²) in [5, 5.41) is 12.0. The molecule has 2 unspecified atom stereocenters. The second-order valence-electron chi connectivity index (χ2n) is 7.67. The van der Waals surface area contributed by atoms with Crippen molar-refractivity contribution in [3.63, 3.8) is 0 Å². The van der Waals surface area contributed by atoms with E-state index in [2.05, 4.69) is 20.3 Å². The Labute approximate surface area is 176 Å². The normalized spacial score (nSPS) is 20.6. The predicted molar refractivity (Wildman–Crippen MR) is 103 cm³/mol. The van der Waals surface area contributed by atoms with Crippen LogP contribution >= 0.6 is 0 Å². The van der Waals surface area contributed by atoms with Crippen molar-refractivity contribution in [1.29, 1.82) is 0 Å². The number of piperidine rings is 1. The van der Waals surface area contributed by atoms with E-state index in [0.717, 1.165) is 6.92 Å². The van der Waals surface area contributed by atoms with E-state index in [9.17, 15) is 18.0 Å². The molecule has 8 nitrogen and oxygen atoms in total. The van der Waals surface area contributed by atoms with Gasteiger partial charge in [0, 0.05) is 18.5 Å². The monoisotopic (exact) mass is 434 g/mol. The van der Waals surface area contributed by atoms with Gasteiger partial charge in [0.15, 0.2) is 5.82 Å². The third kappa shape index (κ3) is 4.17. The van der Waals surface area contributed by atoms with E-state index in [1.165, 1.54) is 17.2 Å². The Hall–Kier alpha value is -3.24. The quantitative estimate of drug-likeness (QED) is 0.622. The van der Waals surface area contributed by atoms with E-state index < -0.39 is 18.0 Å². The van der Waals surface area contributed by atoms with E-state index in [4.69, 9.17) is 4.52 Å². The van der Waals surface area contributed by atoms with Gasteiger partial charge in [-0.25, -0.2) is 0 Å². The van der Waals surface area contributed by atoms with Gasteiger partial charge in [0.1, 0.15) is 5.92 Å². The van der Waals surface area contributed by atoms with Crippen LogP contribution in [0.3, 0.4) is 0 Å². The molecule has 11 heteroatoms. The van der Waals surface area contributed by atoms with Crippen molar-refractivity contribution in [3.8, 4) is 5.69 Å². The number of halogens is 3. The molecule has 31 heavy (non-hydrogen) atoms. The van der Waals surface area contributed by atoms with Gasteiger partial charge < -0.3 is 9.42 Å². The molecule has 4 rings (SSSR count). The van der Waals surface area contributed by atoms with Crippen LogP contribution in [0.2, 0.25) is 0 Å². The highest BCUT2D eigenvalue weighted by Crippen LogP contribution is 2.35. The molecule has 164 valence electrons. The Bertz CT molecular complexity index is 1050. The molecule has 3 atom stereocenters. The van der Waals surface area contributed by atoms with Gasteiger partial charge in [-0.05, 0) is 38.8 Å². The molecule has 0 saturated carbocycles. The molecule has 0 bridgehead atoms. The molecule has 2 aromatic heterocycles. The summed E-state index contributed by atoms with van der Waals surface area (Å²) in [5.41, 5.74) is 0.985. The highest BCUT2D eigenvalue weighted by atomic mass is 19.4. The van der Waals surface area contributed by atoms with Gasteiger partial charge in [0.25, 0.3) is 5.91 Å². The second-order valence-corrected chi connectivity index (χ2v) is 7.67. The fourth-order valence-corrected chi connectivity index (χ4v) is 3.65. The van der Waals surface area contributed by atoms with E-state index in [-0.39, 0.29) is 30.2 Å². The number of para-hydroxylation sites is 1. The molecule has 0 spiro atoms. The SMILES string of the molecule is CC(c1nc(C2CC[C@@H](C)N(C(=O)c3ccccc3-n3nccn3)C2)no1)C(F)(F)F. The van der Waals surface area contributed by atoms with Gasteiger partial charge in [-0.2, -0.15) is 33.1 Å². The Morgan fingerprint density at radius 1 is 1.19 bits per heavy atom. The molecule has 0 aliphatic carbocycles. The number of nitrogens with zero attached hydrogens (tertiary/aromatic N) is 6. The molecule has 1 aliphatic rings. The van der Waals surface area contributed by atoms with Crippen LogP contribution in [0.15, 0.2) is 41.2 Å². The fourth-order valence-electron chi connectivity index (χ4n) is 3.65. The van der Waals surface area contributed by atoms with Crippen molar-refractivity contribution in [2.45, 2.75) is 50.7 Å². The first-order valence-corrected chi connectivity index (χ1v) is 9.92. The van der Waals surface area contributed by atoms with Crippen LogP contribution in [0.1, 0.15) is 60.6 Å². The number of hydrogen-bond donors (Lipinski definition) is 0. The number of alkyl halides is 3. The standard InChI is InChI=1S/C20H21F3N6O2/c1-12-7-8-14(17-26-18(31-27-17)13(2)20(21,22)23)11-28(12)19(30)15-5-3-4-6-16(15)29-24-9-10-25-29/h3-6,9-10,12-14H,7-8,11H2,1-2H3/t12-,13?,14?/m1/s1. The molecule has 0 radical (unpaired) electrons. The van der Waals surface area contributed by atoms with Gasteiger partial charge in [-0.3, -0.25) is 4.79 Å². The summed E-state index contributed by atoms with van der Waals surface area (Å²) in [6.45, 7) is 3.20. The Kier molecular flexibility index (Phi) is 5.50. The summed E-state index contributed by atoms with van der Waals surface area (Å²) in [7, 11) is 0. The third-order valence-corrected chi connectivity index (χ3v) is 5.60. The maximum Gasteiger partial charge on any atom is 0.400 e. The number of amides is 1. The van der Waals surface area contributed by atoms with Crippen molar-refractivity contribution >= 4 is 5.91 Å². The summed E-state index contributed by atoms with van der Waals surface area (Å²) in [4.78, 5) is 20.5. The molecular formula is C20H21F3N6O2. The summed E-state index contributed by atoms with van der Waals surface area (Å²) in [6, 6.07) is 6.96. The number of carbonyl (C=O) groups excluding carboxylic acids is 1. The Morgan fingerprint density at radius 2 is 1.90 bits per heavy atom. The summed E-state index contributed by atoms with van der Waals surface area (Å²) >= 11 is 0. The lowest BCUT2D eigenvalue weighted by Crippen LogP contribution is -2.45. The first-order chi connectivity index (χ1) is 14.8. The van der Waals surface area contributed by atoms with Crippen molar-refractivity contribution in [2.24, 2.45) is 0 Å². The lowest BCUT2D eigenvalue weighted by Gasteiger charge is -2.37. The first kappa shape index (κ1) is 21.0. The maximum absolute atomic E-state index is 13.4. The van der Waals surface area contributed by atoms with Crippen molar-refractivity contribution < 1.29 is 22.5 Å². The number of carbonyl (C=O) groups is 1. The van der Waals surface area contributed by atoms with E-state index in [0.29, 0.717) is 24.1 Å². The van der Waals surface area contributed by atoms with Crippen LogP contribution in [0.5, 0.6) is 0 Å². The maximum atomic E-state index is 13.4. The van der Waals surface area contributed by atoms with Crippen LogP contribution < -0.4 is 0 Å². The zero-order valence-corrected chi connectivity index (χ0v) is 17.0. The number of rotatable bonds is 4. The first-order valence-electron chi connectivity index (χ1n) is 9.92. The molecule has 1 saturated heterocycles. The zero-order valence-electron chi connectivity index (χ0n) is 17.0. The van der Waals surface area contributed by atoms with Gasteiger partial charge in [0.05, 0.1) is 23.6 Å². The van der Waals surface area contributed by atoms with Gasteiger partial charge in [-0.1, -0.05) is 17.3 Å². The molecule has 3 heterocycles. The zero-order chi connectivity index (χ0) is 22.2. The van der Waals surface area contributed by atoms with E-state index >= 15 is 0 Å². The number of likely N-dealkylation sites (tertiary alicyclic amines) is 1. The van der Waals surface area contributed by atoms with Crippen molar-refractivity contribution in [2.75, 3.05) is 6.54 Å². The molecule has 1 amide bonds. The molecule has 3 aromatic rings. The molecule has 0 N–H and O–H groups in total. The molecular weight excluding hydrogens is 413 g/mol. The van der Waals surface area contributed by atoms with Gasteiger partial charge in [-0.15, -0.1) is 0 Å². The molecule has 1 fully saturated rings. The summed E-state index contributed by atoms with van der Waals surface area (Å²) in [5.74, 6) is -2.64. The summed E-state index contributed by atoms with van der Waals surface area (Å²) in [6.07, 6.45) is -0.103. The largest absolute Gasteiger partial charge is 0.400 e. The van der Waals surface area contributed by atoms with Crippen molar-refractivity contribution in [3.05, 3.63) is 53.9 Å². The number of benzene rings is 1. The topological polar surface area (TPSA) is 89.9 Å². The van der Waals surface area contributed by atoms with Crippen LogP contribution in [-0.2, 0) is 0 Å². The van der Waals surface area contributed by atoms with E-state index in [1.54, 1.807) is 29.2 Å². The van der Waals surface area contributed by atoms with Crippen LogP contribution in [0.4, 0.5) is 13.2 Å². The van der Waals surface area contributed by atoms with Crippen LogP contribution in [0, 0.1) is 0 Å². The lowest BCUT2D eigenvalue weighted by atomic mass is 9.92. The predicted octanol–water partition coefficient (Wildman–Crippen LogP) is 3.72. The average Bonchev–Trinajstić information content (AvgIpc) is 3.45. The van der Waals surface area contributed by atoms with Gasteiger partial charge >= 0.3 is 6.18 Å². The average molecular weight is 434 g/mol. The number of hydrogen-bond acceptors (Lipinski definition) is 6. The lowest BCUT2D eigenvalue weighted by molar-refractivity contribution is -0.151. The van der Waals surface area contributed by atoms with Crippen LogP contribution in [-0.4, -0.2) is 54.7 Å². The fraction of sp³-hybridized carbons (Fsp3) is 0.450. The Balaban J connectivity index is 1.57.